The molecule has 0 amide bonds. The molecule has 0 aliphatic rings. The highest BCUT2D eigenvalue weighted by Gasteiger charge is 1.98. The van der Waals surface area contributed by atoms with Crippen LogP contribution in [0.15, 0.2) is 42.5 Å². The molecule has 0 aliphatic carbocycles. The maximum absolute atomic E-state index is 5.86. The van der Waals surface area contributed by atoms with Crippen LogP contribution < -0.4 is 5.32 Å². The summed E-state index contributed by atoms with van der Waals surface area (Å²) in [5.74, 6) is 0. The average Bonchev–Trinajstić information content (AvgIpc) is 2.38. The maximum atomic E-state index is 5.86. The third-order valence-electron chi connectivity index (χ3n) is 3.13. The van der Waals surface area contributed by atoms with Gasteiger partial charge in [-0.25, -0.2) is 0 Å². The molecule has 0 spiro atoms. The Morgan fingerprint density at radius 2 is 1.78 bits per heavy atom. The number of hydrogen-bond acceptors (Lipinski definition) is 1. The van der Waals surface area contributed by atoms with E-state index in [4.69, 9.17) is 11.6 Å². The summed E-state index contributed by atoms with van der Waals surface area (Å²) < 4.78 is 0. The van der Waals surface area contributed by atoms with Gasteiger partial charge >= 0.3 is 0 Å². The molecule has 0 atom stereocenters. The summed E-state index contributed by atoms with van der Waals surface area (Å²) in [4.78, 5) is 0. The second-order valence-corrected chi connectivity index (χ2v) is 4.91. The quantitative estimate of drug-likeness (QED) is 0.830. The van der Waals surface area contributed by atoms with Crippen molar-refractivity contribution < 1.29 is 0 Å². The van der Waals surface area contributed by atoms with E-state index in [2.05, 4.69) is 37.4 Å². The molecule has 1 N–H and O–H groups in total. The minimum atomic E-state index is 0.780. The van der Waals surface area contributed by atoms with Crippen molar-refractivity contribution in [2.24, 2.45) is 0 Å². The lowest BCUT2D eigenvalue weighted by Gasteiger charge is -2.10. The number of hydrogen-bond donors (Lipinski definition) is 1. The Labute approximate surface area is 114 Å². The molecule has 0 fully saturated rings. The summed E-state index contributed by atoms with van der Waals surface area (Å²) in [5.41, 5.74) is 5.15. The standard InChI is InChI=1S/C16H18ClN/c1-3-14-6-9-16(10-12(14)2)18-11-13-4-7-15(17)8-5-13/h4-10,18H,3,11H2,1-2H3. The van der Waals surface area contributed by atoms with E-state index in [-0.39, 0.29) is 0 Å². The molecule has 94 valence electrons. The van der Waals surface area contributed by atoms with Crippen molar-refractivity contribution in [3.05, 3.63) is 64.2 Å². The Balaban J connectivity index is 2.02. The maximum Gasteiger partial charge on any atom is 0.0406 e. The Morgan fingerprint density at radius 1 is 1.06 bits per heavy atom. The average molecular weight is 260 g/mol. The van der Waals surface area contributed by atoms with E-state index in [0.717, 1.165) is 18.0 Å². The van der Waals surface area contributed by atoms with E-state index < -0.39 is 0 Å². The van der Waals surface area contributed by atoms with E-state index in [0.29, 0.717) is 0 Å². The van der Waals surface area contributed by atoms with Gasteiger partial charge in [0.05, 0.1) is 0 Å². The third-order valence-corrected chi connectivity index (χ3v) is 3.39. The van der Waals surface area contributed by atoms with E-state index in [1.54, 1.807) is 0 Å². The van der Waals surface area contributed by atoms with Gasteiger partial charge in [0.25, 0.3) is 0 Å². The molecule has 18 heavy (non-hydrogen) atoms. The van der Waals surface area contributed by atoms with Gasteiger partial charge in [0.2, 0.25) is 0 Å². The van der Waals surface area contributed by atoms with Crippen LogP contribution >= 0.6 is 11.6 Å². The van der Waals surface area contributed by atoms with Crippen molar-refractivity contribution in [3.63, 3.8) is 0 Å². The van der Waals surface area contributed by atoms with E-state index >= 15 is 0 Å². The van der Waals surface area contributed by atoms with Crippen LogP contribution in [0.1, 0.15) is 23.6 Å². The number of aryl methyl sites for hydroxylation is 2. The molecule has 2 aromatic rings. The summed E-state index contributed by atoms with van der Waals surface area (Å²) in [6, 6.07) is 14.5. The summed E-state index contributed by atoms with van der Waals surface area (Å²) in [6.45, 7) is 5.16. The van der Waals surface area contributed by atoms with Crippen LogP contribution in [0.4, 0.5) is 5.69 Å². The van der Waals surface area contributed by atoms with Crippen LogP contribution in [-0.2, 0) is 13.0 Å². The van der Waals surface area contributed by atoms with Crippen molar-refractivity contribution in [3.8, 4) is 0 Å². The minimum absolute atomic E-state index is 0.780. The van der Waals surface area contributed by atoms with Gasteiger partial charge in [0, 0.05) is 17.3 Å². The zero-order chi connectivity index (χ0) is 13.0. The predicted molar refractivity (Wildman–Crippen MR) is 79.3 cm³/mol. The fourth-order valence-corrected chi connectivity index (χ4v) is 2.13. The van der Waals surface area contributed by atoms with Crippen molar-refractivity contribution in [2.75, 3.05) is 5.32 Å². The first-order valence-electron chi connectivity index (χ1n) is 6.27. The normalized spacial score (nSPS) is 10.4. The van der Waals surface area contributed by atoms with Crippen LogP contribution in [0.5, 0.6) is 0 Å². The summed E-state index contributed by atoms with van der Waals surface area (Å²) in [5, 5.41) is 4.21. The summed E-state index contributed by atoms with van der Waals surface area (Å²) >= 11 is 5.86. The third kappa shape index (κ3) is 3.27. The number of nitrogens with one attached hydrogen (secondary N) is 1. The Bertz CT molecular complexity index is 517. The van der Waals surface area contributed by atoms with Gasteiger partial charge in [-0.05, 0) is 54.3 Å². The predicted octanol–water partition coefficient (Wildman–Crippen LogP) is 4.82. The Morgan fingerprint density at radius 3 is 2.39 bits per heavy atom. The fraction of sp³-hybridized carbons (Fsp3) is 0.250. The van der Waals surface area contributed by atoms with Gasteiger partial charge in [-0.15, -0.1) is 0 Å². The highest BCUT2D eigenvalue weighted by molar-refractivity contribution is 6.30. The molecule has 1 nitrogen and oxygen atoms in total. The number of halogens is 1. The number of rotatable bonds is 4. The van der Waals surface area contributed by atoms with Gasteiger partial charge in [-0.1, -0.05) is 36.7 Å². The highest BCUT2D eigenvalue weighted by Crippen LogP contribution is 2.17. The van der Waals surface area contributed by atoms with E-state index in [1.165, 1.54) is 22.4 Å². The SMILES string of the molecule is CCc1ccc(NCc2ccc(Cl)cc2)cc1C. The lowest BCUT2D eigenvalue weighted by Crippen LogP contribution is -2.00. The fourth-order valence-electron chi connectivity index (χ4n) is 2.01. The molecule has 0 radical (unpaired) electrons. The highest BCUT2D eigenvalue weighted by atomic mass is 35.5. The number of benzene rings is 2. The number of anilines is 1. The zero-order valence-corrected chi connectivity index (χ0v) is 11.6. The molecule has 0 saturated carbocycles. The molecule has 0 aliphatic heterocycles. The van der Waals surface area contributed by atoms with E-state index in [1.807, 2.05) is 24.3 Å². The van der Waals surface area contributed by atoms with Crippen molar-refractivity contribution in [1.82, 2.24) is 0 Å². The van der Waals surface area contributed by atoms with Crippen LogP contribution in [0.2, 0.25) is 5.02 Å². The second kappa shape index (κ2) is 5.92. The lowest BCUT2D eigenvalue weighted by molar-refractivity contribution is 1.10. The van der Waals surface area contributed by atoms with Crippen LogP contribution in [0.3, 0.4) is 0 Å². The zero-order valence-electron chi connectivity index (χ0n) is 10.8. The van der Waals surface area contributed by atoms with Crippen LogP contribution in [0, 0.1) is 6.92 Å². The first-order chi connectivity index (χ1) is 8.69. The largest absolute Gasteiger partial charge is 0.381 e. The van der Waals surface area contributed by atoms with Crippen molar-refractivity contribution >= 4 is 17.3 Å². The molecule has 0 unspecified atom stereocenters. The molecule has 0 aromatic heterocycles. The first-order valence-corrected chi connectivity index (χ1v) is 6.64. The monoisotopic (exact) mass is 259 g/mol. The van der Waals surface area contributed by atoms with E-state index in [9.17, 15) is 0 Å². The lowest BCUT2D eigenvalue weighted by atomic mass is 10.1. The summed E-state index contributed by atoms with van der Waals surface area (Å²) in [7, 11) is 0. The minimum Gasteiger partial charge on any atom is -0.381 e. The van der Waals surface area contributed by atoms with Gasteiger partial charge < -0.3 is 5.32 Å². The molecule has 0 saturated heterocycles. The molecule has 2 rings (SSSR count). The van der Waals surface area contributed by atoms with Gasteiger partial charge in [-0.2, -0.15) is 0 Å². The van der Waals surface area contributed by atoms with Crippen LogP contribution in [0.25, 0.3) is 0 Å². The van der Waals surface area contributed by atoms with Crippen molar-refractivity contribution in [2.45, 2.75) is 26.8 Å². The topological polar surface area (TPSA) is 12.0 Å². The van der Waals surface area contributed by atoms with Crippen molar-refractivity contribution in [1.29, 1.82) is 0 Å². The summed E-state index contributed by atoms with van der Waals surface area (Å²) in [6.07, 6.45) is 1.09. The smallest absolute Gasteiger partial charge is 0.0406 e. The molecule has 0 bridgehead atoms. The van der Waals surface area contributed by atoms with Gasteiger partial charge in [0.1, 0.15) is 0 Å². The molecular weight excluding hydrogens is 242 g/mol. The van der Waals surface area contributed by atoms with Crippen LogP contribution in [-0.4, -0.2) is 0 Å². The van der Waals surface area contributed by atoms with Gasteiger partial charge in [-0.3, -0.25) is 0 Å². The second-order valence-electron chi connectivity index (χ2n) is 4.47. The Hall–Kier alpha value is -1.47. The molecular formula is C16H18ClN. The molecule has 0 heterocycles. The van der Waals surface area contributed by atoms with Gasteiger partial charge in [0.15, 0.2) is 0 Å². The Kier molecular flexibility index (Phi) is 4.27. The first kappa shape index (κ1) is 13.0. The molecule has 2 heteroatoms. The molecule has 2 aromatic carbocycles.